The van der Waals surface area contributed by atoms with Crippen LogP contribution in [-0.4, -0.2) is 30.1 Å². The third-order valence-electron chi connectivity index (χ3n) is 2.68. The number of halogens is 10. The fourth-order valence-electron chi connectivity index (χ4n) is 1.56. The summed E-state index contributed by atoms with van der Waals surface area (Å²) in [5, 5.41) is 1.22. The van der Waals surface area contributed by atoms with Crippen LogP contribution in [0.2, 0.25) is 0 Å². The minimum Gasteiger partial charge on any atom is -0.308 e. The topological polar surface area (TPSA) is 41.1 Å². The zero-order chi connectivity index (χ0) is 19.0. The van der Waals surface area contributed by atoms with Gasteiger partial charge in [0, 0.05) is 5.69 Å². The highest BCUT2D eigenvalue weighted by Crippen LogP contribution is 2.52. The van der Waals surface area contributed by atoms with Gasteiger partial charge in [-0.15, -0.1) is 0 Å². The fourth-order valence-corrected chi connectivity index (χ4v) is 1.56. The molecule has 0 unspecified atom stereocenters. The Morgan fingerprint density at radius 3 is 1.46 bits per heavy atom. The summed E-state index contributed by atoms with van der Waals surface area (Å²) in [5.74, 6) is -0.865. The molecule has 0 saturated carbocycles. The molecular weight excluding hydrogens is 366 g/mol. The number of nitrogens with one attached hydrogen (secondary N) is 2. The van der Waals surface area contributed by atoms with E-state index >= 15 is 0 Å². The van der Waals surface area contributed by atoms with Crippen LogP contribution in [0.5, 0.6) is 0 Å². The third kappa shape index (κ3) is 3.64. The highest BCUT2D eigenvalue weighted by molar-refractivity contribution is 5.90. The fraction of sp³-hybridized carbons (Fsp3) is 0.364. The first-order valence-corrected chi connectivity index (χ1v) is 5.67. The summed E-state index contributed by atoms with van der Waals surface area (Å²) in [5.41, 5.74) is -7.01. The molecule has 0 spiro atoms. The molecule has 1 rings (SSSR count). The number of hydrogen-bond acceptors (Lipinski definition) is 1. The van der Waals surface area contributed by atoms with Gasteiger partial charge < -0.3 is 10.6 Å². The van der Waals surface area contributed by atoms with Crippen molar-refractivity contribution in [3.05, 3.63) is 30.1 Å². The van der Waals surface area contributed by atoms with Crippen molar-refractivity contribution in [3.63, 3.8) is 0 Å². The molecule has 0 heterocycles. The molecule has 0 aromatic heterocycles. The number of anilines is 1. The van der Waals surface area contributed by atoms with Crippen LogP contribution in [-0.2, 0) is 0 Å². The van der Waals surface area contributed by atoms with Gasteiger partial charge in [0.1, 0.15) is 5.82 Å². The monoisotopic (exact) mass is 372 g/mol. The molecule has 1 aromatic rings. The molecule has 2 N–H and O–H groups in total. The van der Waals surface area contributed by atoms with Crippen LogP contribution < -0.4 is 10.6 Å². The van der Waals surface area contributed by atoms with E-state index < -0.39 is 41.6 Å². The van der Waals surface area contributed by atoms with Crippen molar-refractivity contribution in [3.8, 4) is 0 Å². The Morgan fingerprint density at radius 2 is 1.12 bits per heavy atom. The largest absolute Gasteiger partial charge is 0.429 e. The molecule has 0 saturated heterocycles. The highest BCUT2D eigenvalue weighted by Gasteiger charge is 2.84. The summed E-state index contributed by atoms with van der Waals surface area (Å²) in [7, 11) is 0. The van der Waals surface area contributed by atoms with E-state index in [1.807, 2.05) is 0 Å². The number of amides is 2. The Bertz CT molecular complexity index is 551. The van der Waals surface area contributed by atoms with Crippen LogP contribution >= 0.6 is 0 Å². The molecule has 0 aliphatic heterocycles. The Morgan fingerprint density at radius 1 is 0.750 bits per heavy atom. The molecule has 0 aliphatic rings. The van der Waals surface area contributed by atoms with Crippen molar-refractivity contribution >= 4 is 11.7 Å². The Hall–Kier alpha value is -2.21. The smallest absolute Gasteiger partial charge is 0.308 e. The van der Waals surface area contributed by atoms with E-state index in [2.05, 4.69) is 0 Å². The van der Waals surface area contributed by atoms with Gasteiger partial charge in [-0.1, -0.05) is 0 Å². The van der Waals surface area contributed by atoms with Crippen molar-refractivity contribution in [2.45, 2.75) is 24.1 Å². The first-order chi connectivity index (χ1) is 10.6. The number of carbonyl (C=O) groups is 1. The molecule has 13 heteroatoms. The quantitative estimate of drug-likeness (QED) is 0.744. The second kappa shape index (κ2) is 6.02. The summed E-state index contributed by atoms with van der Waals surface area (Å²) in [6, 6.07) is 0.324. The predicted octanol–water partition coefficient (Wildman–Crippen LogP) is 4.37. The lowest BCUT2D eigenvalue weighted by Crippen LogP contribution is -2.75. The second-order valence-electron chi connectivity index (χ2n) is 4.33. The predicted molar refractivity (Wildman–Crippen MR) is 59.5 cm³/mol. The maximum absolute atomic E-state index is 12.6. The number of carbonyl (C=O) groups excluding carboxylic acids is 1. The molecule has 0 bridgehead atoms. The number of urea groups is 1. The molecule has 1 aromatic carbocycles. The maximum Gasteiger partial charge on any atom is 0.429 e. The molecule has 0 fully saturated rings. The minimum absolute atomic E-state index is 0.105. The lowest BCUT2D eigenvalue weighted by atomic mass is 9.97. The minimum atomic E-state index is -6.93. The van der Waals surface area contributed by atoms with Gasteiger partial charge in [0.05, 0.1) is 0 Å². The molecule has 0 atom stereocenters. The van der Waals surface area contributed by atoms with Gasteiger partial charge in [0.2, 0.25) is 0 Å². The number of rotatable bonds is 2. The Labute approximate surface area is 126 Å². The Balaban J connectivity index is 3.22. The van der Waals surface area contributed by atoms with E-state index in [0.717, 1.165) is 0 Å². The molecular formula is C11H6F10N2O. The summed E-state index contributed by atoms with van der Waals surface area (Å²) >= 11 is 0. The van der Waals surface area contributed by atoms with Crippen LogP contribution in [0, 0.1) is 5.82 Å². The summed E-state index contributed by atoms with van der Waals surface area (Å²) in [6.45, 7) is 0. The molecule has 24 heavy (non-hydrogen) atoms. The van der Waals surface area contributed by atoms with Gasteiger partial charge >= 0.3 is 30.1 Å². The third-order valence-corrected chi connectivity index (χ3v) is 2.68. The van der Waals surface area contributed by atoms with Gasteiger partial charge in [-0.25, -0.2) is 9.18 Å². The molecule has 3 nitrogen and oxygen atoms in total. The maximum atomic E-state index is 12.6. The summed E-state index contributed by atoms with van der Waals surface area (Å²) in [6.07, 6.45) is -20.8. The standard InChI is InChI=1S/C11H6F10N2O/c12-5-1-3-6(4-2-5)22-7(24)23-8(9(13,14)15,10(16,17)18)11(19,20)21/h1-4H,(H2,22,23,24). The number of alkyl halides is 9. The van der Waals surface area contributed by atoms with Crippen LogP contribution in [0.1, 0.15) is 0 Å². The van der Waals surface area contributed by atoms with E-state index in [1.165, 1.54) is 5.32 Å². The summed E-state index contributed by atoms with van der Waals surface area (Å²) in [4.78, 5) is 11.2. The van der Waals surface area contributed by atoms with Crippen LogP contribution in [0.3, 0.4) is 0 Å². The normalized spacial score (nSPS) is 13.6. The van der Waals surface area contributed by atoms with Crippen molar-refractivity contribution in [2.24, 2.45) is 0 Å². The van der Waals surface area contributed by atoms with Gasteiger partial charge in [0.25, 0.3) is 0 Å². The molecule has 0 radical (unpaired) electrons. The van der Waals surface area contributed by atoms with E-state index in [1.54, 1.807) is 0 Å². The van der Waals surface area contributed by atoms with Gasteiger partial charge in [0.15, 0.2) is 0 Å². The van der Waals surface area contributed by atoms with Crippen LogP contribution in [0.15, 0.2) is 24.3 Å². The highest BCUT2D eigenvalue weighted by atomic mass is 19.4. The van der Waals surface area contributed by atoms with Gasteiger partial charge in [-0.3, -0.25) is 0 Å². The van der Waals surface area contributed by atoms with Crippen molar-refractivity contribution in [2.75, 3.05) is 5.32 Å². The lowest BCUT2D eigenvalue weighted by Gasteiger charge is -2.38. The van der Waals surface area contributed by atoms with Crippen molar-refractivity contribution in [1.29, 1.82) is 0 Å². The van der Waals surface area contributed by atoms with Gasteiger partial charge in [-0.05, 0) is 24.3 Å². The average molecular weight is 372 g/mol. The van der Waals surface area contributed by atoms with E-state index in [0.29, 0.717) is 24.3 Å². The average Bonchev–Trinajstić information content (AvgIpc) is 2.34. The number of hydrogen-bond donors (Lipinski definition) is 2. The summed E-state index contributed by atoms with van der Waals surface area (Å²) < 4.78 is 126. The van der Waals surface area contributed by atoms with Crippen molar-refractivity contribution in [1.82, 2.24) is 5.32 Å². The van der Waals surface area contributed by atoms with Crippen LogP contribution in [0.4, 0.5) is 54.4 Å². The van der Waals surface area contributed by atoms with Crippen molar-refractivity contribution < 1.29 is 48.7 Å². The Kier molecular flexibility index (Phi) is 4.97. The molecule has 136 valence electrons. The number of benzene rings is 1. The van der Waals surface area contributed by atoms with E-state index in [4.69, 9.17) is 0 Å². The molecule has 0 aliphatic carbocycles. The van der Waals surface area contributed by atoms with Gasteiger partial charge in [-0.2, -0.15) is 39.5 Å². The zero-order valence-corrected chi connectivity index (χ0v) is 11.0. The second-order valence-corrected chi connectivity index (χ2v) is 4.33. The first-order valence-electron chi connectivity index (χ1n) is 5.67. The van der Waals surface area contributed by atoms with E-state index in [9.17, 15) is 48.7 Å². The first kappa shape index (κ1) is 19.8. The van der Waals surface area contributed by atoms with Crippen LogP contribution in [0.25, 0.3) is 0 Å². The lowest BCUT2D eigenvalue weighted by molar-refractivity contribution is -0.386. The molecule has 2 amide bonds. The zero-order valence-electron chi connectivity index (χ0n) is 11.0. The SMILES string of the molecule is O=C(Nc1ccc(F)cc1)NC(C(F)(F)F)(C(F)(F)F)C(F)(F)F. The van der Waals surface area contributed by atoms with E-state index in [-0.39, 0.29) is 5.32 Å².